The maximum absolute atomic E-state index is 13.5. The van der Waals surface area contributed by atoms with Crippen LogP contribution < -0.4 is 9.96 Å². The van der Waals surface area contributed by atoms with Crippen molar-refractivity contribution in [3.63, 3.8) is 0 Å². The van der Waals surface area contributed by atoms with Crippen molar-refractivity contribution in [3.8, 4) is 0 Å². The van der Waals surface area contributed by atoms with E-state index in [2.05, 4.69) is 0 Å². The monoisotopic (exact) mass is 398 g/mol. The van der Waals surface area contributed by atoms with Gasteiger partial charge < -0.3 is 0 Å². The number of nitrogens with zero attached hydrogens (tertiary/aromatic N) is 2. The van der Waals surface area contributed by atoms with Crippen LogP contribution in [0.4, 0.5) is 11.4 Å². The first-order valence-corrected chi connectivity index (χ1v) is 10.1. The van der Waals surface area contributed by atoms with Gasteiger partial charge in [-0.2, -0.15) is 0 Å². The first-order chi connectivity index (χ1) is 14.5. The zero-order chi connectivity index (χ0) is 20.8. The highest BCUT2D eigenvalue weighted by atomic mass is 16.7. The van der Waals surface area contributed by atoms with Gasteiger partial charge in [-0.3, -0.25) is 14.4 Å². The van der Waals surface area contributed by atoms with Gasteiger partial charge in [0.2, 0.25) is 5.91 Å². The summed E-state index contributed by atoms with van der Waals surface area (Å²) >= 11 is 0. The number of amides is 2. The van der Waals surface area contributed by atoms with Crippen molar-refractivity contribution in [1.82, 2.24) is 0 Å². The Morgan fingerprint density at radius 1 is 0.733 bits per heavy atom. The molecule has 2 aliphatic heterocycles. The zero-order valence-electron chi connectivity index (χ0n) is 16.9. The molecule has 0 aliphatic carbocycles. The lowest BCUT2D eigenvalue weighted by Crippen LogP contribution is -2.37. The van der Waals surface area contributed by atoms with Crippen molar-refractivity contribution in [3.05, 3.63) is 95.6 Å². The van der Waals surface area contributed by atoms with Crippen molar-refractivity contribution < 1.29 is 14.4 Å². The molecule has 5 heteroatoms. The number of para-hydroxylation sites is 1. The number of imide groups is 1. The van der Waals surface area contributed by atoms with Gasteiger partial charge in [-0.15, -0.1) is 0 Å². The van der Waals surface area contributed by atoms with Gasteiger partial charge in [0.25, 0.3) is 5.91 Å². The fourth-order valence-electron chi connectivity index (χ4n) is 4.34. The second-order valence-electron chi connectivity index (χ2n) is 7.92. The van der Waals surface area contributed by atoms with Crippen LogP contribution >= 0.6 is 0 Å². The normalized spacial score (nSPS) is 23.2. The Bertz CT molecular complexity index is 1110. The molecular weight excluding hydrogens is 376 g/mol. The van der Waals surface area contributed by atoms with Gasteiger partial charge in [-0.1, -0.05) is 60.2 Å². The summed E-state index contributed by atoms with van der Waals surface area (Å²) in [4.78, 5) is 34.2. The Kier molecular flexibility index (Phi) is 4.40. The number of anilines is 2. The number of fused-ring (bicyclic) bond motifs is 1. The summed E-state index contributed by atoms with van der Waals surface area (Å²) in [6.45, 7) is 3.97. The van der Waals surface area contributed by atoms with Crippen LogP contribution in [0.3, 0.4) is 0 Å². The molecule has 2 amide bonds. The van der Waals surface area contributed by atoms with E-state index in [1.165, 1.54) is 4.90 Å². The van der Waals surface area contributed by atoms with Gasteiger partial charge in [0.15, 0.2) is 6.10 Å². The molecule has 150 valence electrons. The quantitative estimate of drug-likeness (QED) is 0.616. The molecule has 0 spiro atoms. The summed E-state index contributed by atoms with van der Waals surface area (Å²) in [6, 6.07) is 24.7. The van der Waals surface area contributed by atoms with Crippen LogP contribution in [0, 0.1) is 19.8 Å². The molecule has 0 radical (unpaired) electrons. The Morgan fingerprint density at radius 3 is 2.13 bits per heavy atom. The van der Waals surface area contributed by atoms with E-state index in [0.717, 1.165) is 22.4 Å². The van der Waals surface area contributed by atoms with E-state index in [1.807, 2.05) is 86.6 Å². The average molecular weight is 398 g/mol. The minimum absolute atomic E-state index is 0.223. The third-order valence-corrected chi connectivity index (χ3v) is 5.80. The maximum Gasteiger partial charge on any atom is 0.266 e. The lowest BCUT2D eigenvalue weighted by molar-refractivity contribution is -0.126. The van der Waals surface area contributed by atoms with Crippen molar-refractivity contribution in [2.45, 2.75) is 26.0 Å². The van der Waals surface area contributed by atoms with Crippen LogP contribution in [0.1, 0.15) is 22.7 Å². The topological polar surface area (TPSA) is 49.9 Å². The molecular formula is C25H22N2O3. The molecule has 0 saturated carbocycles. The Morgan fingerprint density at radius 2 is 1.43 bits per heavy atom. The lowest BCUT2D eigenvalue weighted by Gasteiger charge is -2.28. The number of carbonyl (C=O) groups is 2. The number of aryl methyl sites for hydroxylation is 2. The Hall–Kier alpha value is -3.44. The largest absolute Gasteiger partial charge is 0.273 e. The molecule has 3 atom stereocenters. The van der Waals surface area contributed by atoms with Crippen LogP contribution in [-0.2, 0) is 14.4 Å². The molecule has 30 heavy (non-hydrogen) atoms. The number of benzene rings is 3. The van der Waals surface area contributed by atoms with Crippen LogP contribution in [0.2, 0.25) is 0 Å². The second-order valence-corrected chi connectivity index (χ2v) is 7.92. The fourth-order valence-corrected chi connectivity index (χ4v) is 4.34. The van der Waals surface area contributed by atoms with Crippen molar-refractivity contribution in [2.75, 3.05) is 9.96 Å². The number of hydrogen-bond acceptors (Lipinski definition) is 4. The Labute approximate surface area is 175 Å². The fraction of sp³-hybridized carbons (Fsp3) is 0.200. The first-order valence-electron chi connectivity index (χ1n) is 10.1. The highest BCUT2D eigenvalue weighted by Crippen LogP contribution is 2.47. The molecule has 5 nitrogen and oxygen atoms in total. The number of hydrogen-bond donors (Lipinski definition) is 0. The predicted molar refractivity (Wildman–Crippen MR) is 115 cm³/mol. The molecule has 0 N–H and O–H groups in total. The van der Waals surface area contributed by atoms with Crippen LogP contribution in [0.15, 0.2) is 78.9 Å². The molecule has 2 saturated heterocycles. The van der Waals surface area contributed by atoms with E-state index in [4.69, 9.17) is 4.84 Å². The molecule has 5 rings (SSSR count). The summed E-state index contributed by atoms with van der Waals surface area (Å²) in [5.74, 6) is -1.15. The summed E-state index contributed by atoms with van der Waals surface area (Å²) < 4.78 is 0. The molecule has 3 aromatic rings. The highest BCUT2D eigenvalue weighted by Gasteiger charge is 2.60. The van der Waals surface area contributed by atoms with E-state index < -0.39 is 12.0 Å². The maximum atomic E-state index is 13.5. The molecule has 2 heterocycles. The van der Waals surface area contributed by atoms with Crippen molar-refractivity contribution >= 4 is 23.2 Å². The lowest BCUT2D eigenvalue weighted by atomic mass is 9.90. The third-order valence-electron chi connectivity index (χ3n) is 5.80. The standard InChI is InChI=1S/C25H22N2O3/c1-16-11-13-18(14-12-16)22-21-23(30-27(22)19-8-4-3-5-9-19)25(29)26(24(21)28)20-10-6-7-17(2)15-20/h3-15,21-23H,1-2H3/t21-,22-,23-/m0/s1. The molecule has 2 fully saturated rings. The highest BCUT2D eigenvalue weighted by molar-refractivity contribution is 6.23. The van der Waals surface area contributed by atoms with Crippen LogP contribution in [0.25, 0.3) is 0 Å². The van der Waals surface area contributed by atoms with Crippen molar-refractivity contribution in [1.29, 1.82) is 0 Å². The number of carbonyl (C=O) groups excluding carboxylic acids is 2. The van der Waals surface area contributed by atoms with Gasteiger partial charge in [0, 0.05) is 0 Å². The van der Waals surface area contributed by atoms with Gasteiger partial charge >= 0.3 is 0 Å². The van der Waals surface area contributed by atoms with E-state index in [1.54, 1.807) is 11.1 Å². The van der Waals surface area contributed by atoms with Crippen LogP contribution in [0.5, 0.6) is 0 Å². The Balaban J connectivity index is 1.59. The van der Waals surface area contributed by atoms with Gasteiger partial charge in [-0.05, 0) is 49.2 Å². The summed E-state index contributed by atoms with van der Waals surface area (Å²) in [5, 5.41) is 1.73. The molecule has 0 unspecified atom stereocenters. The predicted octanol–water partition coefficient (Wildman–Crippen LogP) is 4.35. The molecule has 0 bridgehead atoms. The zero-order valence-corrected chi connectivity index (χ0v) is 16.9. The van der Waals surface area contributed by atoms with E-state index in [0.29, 0.717) is 5.69 Å². The van der Waals surface area contributed by atoms with Gasteiger partial charge in [0.05, 0.1) is 17.4 Å². The second kappa shape index (κ2) is 7.11. The third kappa shape index (κ3) is 2.90. The number of rotatable bonds is 3. The van der Waals surface area contributed by atoms with Gasteiger partial charge in [0.1, 0.15) is 5.92 Å². The molecule has 0 aromatic heterocycles. The van der Waals surface area contributed by atoms with Crippen LogP contribution in [-0.4, -0.2) is 17.9 Å². The summed E-state index contributed by atoms with van der Waals surface area (Å²) in [6.07, 6.45) is -0.843. The number of hydroxylamine groups is 1. The summed E-state index contributed by atoms with van der Waals surface area (Å²) in [5.41, 5.74) is 4.49. The van der Waals surface area contributed by atoms with Gasteiger partial charge in [-0.25, -0.2) is 9.96 Å². The average Bonchev–Trinajstić information content (AvgIpc) is 3.26. The van der Waals surface area contributed by atoms with E-state index in [-0.39, 0.29) is 17.9 Å². The van der Waals surface area contributed by atoms with Crippen molar-refractivity contribution in [2.24, 2.45) is 5.92 Å². The molecule has 3 aromatic carbocycles. The smallest absolute Gasteiger partial charge is 0.266 e. The molecule has 2 aliphatic rings. The first kappa shape index (κ1) is 18.6. The SMILES string of the molecule is Cc1ccc([C@H]2[C@@H]3C(=O)N(c4cccc(C)c4)C(=O)[C@H]3ON2c2ccccc2)cc1. The minimum atomic E-state index is -0.843. The van der Waals surface area contributed by atoms with E-state index >= 15 is 0 Å². The van der Waals surface area contributed by atoms with E-state index in [9.17, 15) is 9.59 Å². The summed E-state index contributed by atoms with van der Waals surface area (Å²) in [7, 11) is 0. The minimum Gasteiger partial charge on any atom is -0.273 e.